The fourth-order valence-electron chi connectivity index (χ4n) is 14.5. The molecule has 78 heavy (non-hydrogen) atoms. The molecule has 2 aliphatic heterocycles. The average molecular weight is 1010 g/mol. The van der Waals surface area contributed by atoms with Crippen LogP contribution in [0.1, 0.15) is 105 Å². The first kappa shape index (κ1) is 46.1. The van der Waals surface area contributed by atoms with Gasteiger partial charge in [0, 0.05) is 43.7 Å². The summed E-state index contributed by atoms with van der Waals surface area (Å²) in [7, 11) is 0. The monoisotopic (exact) mass is 1010 g/mol. The van der Waals surface area contributed by atoms with Crippen molar-refractivity contribution in [2.75, 3.05) is 0 Å². The number of fused-ring (bicyclic) bond motifs is 21. The third-order valence-corrected chi connectivity index (χ3v) is 18.5. The van der Waals surface area contributed by atoms with Crippen molar-refractivity contribution in [3.8, 4) is 17.1 Å². The van der Waals surface area contributed by atoms with Crippen LogP contribution >= 0.6 is 0 Å². The largest absolute Gasteiger partial charge is 0.310 e. The number of nitrogens with zero attached hydrogens (tertiary/aromatic N) is 3. The van der Waals surface area contributed by atoms with E-state index in [0.29, 0.717) is 0 Å². The third kappa shape index (κ3) is 6.07. The minimum absolute atomic E-state index is 0.0193. The molecule has 0 radical (unpaired) electrons. The number of hydrogen-bond acceptors (Lipinski definition) is 0. The predicted octanol–water partition coefficient (Wildman–Crippen LogP) is 17.9. The lowest BCUT2D eigenvalue weighted by molar-refractivity contribution is 0.591. The summed E-state index contributed by atoms with van der Waals surface area (Å²) < 4.78 is 7.96. The second-order valence-electron chi connectivity index (χ2n) is 27.4. The minimum atomic E-state index is -0.0660. The van der Waals surface area contributed by atoms with E-state index < -0.39 is 0 Å². The second-order valence-corrected chi connectivity index (χ2v) is 27.4. The quantitative estimate of drug-likeness (QED) is 0.146. The van der Waals surface area contributed by atoms with Gasteiger partial charge < -0.3 is 13.7 Å². The SMILES string of the molecule is CC(C)(C)c1ccc2c(ccc3c2c2c4ccc(C(C)(C)C)cc4cc4c2n3-c2cc(-n3c5ccccc5c5ccccc53)cc3c2B4c2cc4cc(C(C)(C)C)ccc4c4c5c6ccc(C(C)(C)C)cc6ccc5n-3c24)c1. The molecule has 0 bridgehead atoms. The van der Waals surface area contributed by atoms with E-state index >= 15 is 0 Å². The van der Waals surface area contributed by atoms with Crippen LogP contribution in [0.5, 0.6) is 0 Å². The van der Waals surface area contributed by atoms with Crippen LogP contribution in [0.15, 0.2) is 170 Å². The second kappa shape index (κ2) is 14.9. The first-order valence-corrected chi connectivity index (χ1v) is 28.4. The Morgan fingerprint density at radius 2 is 0.654 bits per heavy atom. The Morgan fingerprint density at radius 3 is 1.04 bits per heavy atom. The zero-order valence-corrected chi connectivity index (χ0v) is 47.1. The number of hydrogen-bond donors (Lipinski definition) is 0. The molecule has 0 unspecified atom stereocenters. The van der Waals surface area contributed by atoms with Crippen molar-refractivity contribution in [3.05, 3.63) is 192 Å². The Kier molecular flexibility index (Phi) is 8.82. The van der Waals surface area contributed by atoms with Gasteiger partial charge in [-0.3, -0.25) is 0 Å². The highest BCUT2D eigenvalue weighted by Crippen LogP contribution is 2.48. The van der Waals surface area contributed by atoms with Crippen LogP contribution < -0.4 is 16.4 Å². The van der Waals surface area contributed by atoms with Crippen molar-refractivity contribution in [2.45, 2.75) is 105 Å². The molecular formula is C74H64BN3. The van der Waals surface area contributed by atoms with Gasteiger partial charge in [0.15, 0.2) is 0 Å². The van der Waals surface area contributed by atoms with E-state index in [4.69, 9.17) is 0 Å². The van der Waals surface area contributed by atoms with Gasteiger partial charge in [-0.1, -0.05) is 217 Å². The molecule has 4 heteroatoms. The molecule has 0 amide bonds. The van der Waals surface area contributed by atoms with E-state index in [0.717, 1.165) is 5.69 Å². The molecule has 11 aromatic carbocycles. The van der Waals surface area contributed by atoms with E-state index in [2.05, 4.69) is 267 Å². The smallest absolute Gasteiger partial charge is 0.252 e. The fourth-order valence-corrected chi connectivity index (χ4v) is 14.5. The Balaban J connectivity index is 1.16. The van der Waals surface area contributed by atoms with Crippen LogP contribution in [-0.4, -0.2) is 20.4 Å². The summed E-state index contributed by atoms with van der Waals surface area (Å²) in [4.78, 5) is 0. The maximum absolute atomic E-state index is 2.71. The molecule has 0 atom stereocenters. The minimum Gasteiger partial charge on any atom is -0.310 e. The molecule has 0 N–H and O–H groups in total. The maximum atomic E-state index is 2.71. The molecule has 378 valence electrons. The van der Waals surface area contributed by atoms with Crippen molar-refractivity contribution in [1.29, 1.82) is 0 Å². The van der Waals surface area contributed by atoms with Crippen molar-refractivity contribution in [3.63, 3.8) is 0 Å². The van der Waals surface area contributed by atoms with Crippen molar-refractivity contribution < 1.29 is 0 Å². The molecule has 0 saturated heterocycles. The van der Waals surface area contributed by atoms with E-state index in [-0.39, 0.29) is 28.4 Å². The van der Waals surface area contributed by atoms with Gasteiger partial charge in [0.2, 0.25) is 0 Å². The van der Waals surface area contributed by atoms with Crippen LogP contribution in [0.3, 0.4) is 0 Å². The van der Waals surface area contributed by atoms with Gasteiger partial charge in [0.05, 0.1) is 38.8 Å². The van der Waals surface area contributed by atoms with Gasteiger partial charge in [-0.15, -0.1) is 0 Å². The lowest BCUT2D eigenvalue weighted by atomic mass is 9.34. The molecule has 3 aromatic heterocycles. The van der Waals surface area contributed by atoms with Gasteiger partial charge in [0.1, 0.15) is 0 Å². The van der Waals surface area contributed by atoms with Crippen LogP contribution in [-0.2, 0) is 21.7 Å². The van der Waals surface area contributed by atoms with E-state index in [1.54, 1.807) is 0 Å². The van der Waals surface area contributed by atoms with Crippen LogP contribution in [0, 0.1) is 0 Å². The first-order valence-electron chi connectivity index (χ1n) is 28.4. The van der Waals surface area contributed by atoms with Gasteiger partial charge >= 0.3 is 0 Å². The topological polar surface area (TPSA) is 14.8 Å². The van der Waals surface area contributed by atoms with Crippen LogP contribution in [0.4, 0.5) is 0 Å². The van der Waals surface area contributed by atoms with Crippen LogP contribution in [0.25, 0.3) is 126 Å². The van der Waals surface area contributed by atoms with E-state index in [1.165, 1.54) is 159 Å². The fraction of sp³-hybridized carbons (Fsp3) is 0.216. The summed E-state index contributed by atoms with van der Waals surface area (Å²) in [5.41, 5.74) is 20.7. The predicted molar refractivity (Wildman–Crippen MR) is 339 cm³/mol. The van der Waals surface area contributed by atoms with E-state index in [9.17, 15) is 0 Å². The summed E-state index contributed by atoms with van der Waals surface area (Å²) in [6, 6.07) is 67.3. The van der Waals surface area contributed by atoms with Crippen molar-refractivity contribution in [2.24, 2.45) is 0 Å². The molecule has 0 spiro atoms. The Morgan fingerprint density at radius 1 is 0.295 bits per heavy atom. The normalized spacial score (nSPS) is 13.9. The van der Waals surface area contributed by atoms with Crippen molar-refractivity contribution in [1.82, 2.24) is 13.7 Å². The summed E-state index contributed by atoms with van der Waals surface area (Å²) in [5, 5.41) is 18.3. The molecule has 0 saturated carbocycles. The Hall–Kier alpha value is -8.08. The molecule has 3 nitrogen and oxygen atoms in total. The molecular weight excluding hydrogens is 942 g/mol. The van der Waals surface area contributed by atoms with Gasteiger partial charge in [-0.2, -0.15) is 0 Å². The number of para-hydroxylation sites is 2. The maximum Gasteiger partial charge on any atom is 0.252 e. The highest BCUT2D eigenvalue weighted by atomic mass is 15.1. The zero-order chi connectivity index (χ0) is 53.4. The summed E-state index contributed by atoms with van der Waals surface area (Å²) in [5.74, 6) is 0. The van der Waals surface area contributed by atoms with Gasteiger partial charge in [-0.05, 0) is 140 Å². The lowest BCUT2D eigenvalue weighted by Crippen LogP contribution is -2.59. The number of aromatic nitrogens is 3. The van der Waals surface area contributed by atoms with Gasteiger partial charge in [-0.25, -0.2) is 0 Å². The summed E-state index contributed by atoms with van der Waals surface area (Å²) in [6.07, 6.45) is 0. The molecule has 0 fully saturated rings. The number of rotatable bonds is 1. The average Bonchev–Trinajstić information content (AvgIpc) is 3.23. The third-order valence-electron chi connectivity index (χ3n) is 18.5. The molecule has 14 aromatic rings. The molecule has 16 rings (SSSR count). The van der Waals surface area contributed by atoms with E-state index in [1.807, 2.05) is 0 Å². The zero-order valence-electron chi connectivity index (χ0n) is 47.1. The molecule has 2 aliphatic rings. The number of benzene rings is 11. The standard InChI is InChI=1S/C74H64BN3/c1-71(2,3)45-23-27-50-41(33-45)21-31-60-64(50)66-52-29-25-47(73(7,8)9)35-43(52)37-56-69(66)77(60)62-39-49(76-58-19-15-13-17-54(58)55-18-14-16-20-59(55)76)40-63-68(62)75(56)57-38-44-36-48(74(10,11)12)26-30-53(44)67-65-51-28-24-46(72(4,5)6)34-42(51)22-32-61(65)78(63)70(57)67/h13-40H,1-12H3. The first-order chi connectivity index (χ1) is 37.2. The molecule has 5 heterocycles. The lowest BCUT2D eigenvalue weighted by Gasteiger charge is -2.35. The van der Waals surface area contributed by atoms with Gasteiger partial charge in [0.25, 0.3) is 6.71 Å². The Bertz CT molecular complexity index is 4750. The molecule has 0 aliphatic carbocycles. The highest BCUT2D eigenvalue weighted by molar-refractivity contribution is 7.00. The Labute approximate surface area is 456 Å². The highest BCUT2D eigenvalue weighted by Gasteiger charge is 2.43. The summed E-state index contributed by atoms with van der Waals surface area (Å²) >= 11 is 0. The summed E-state index contributed by atoms with van der Waals surface area (Å²) in [6.45, 7) is 28.0. The van der Waals surface area contributed by atoms with Crippen molar-refractivity contribution >= 4 is 132 Å². The van der Waals surface area contributed by atoms with Crippen LogP contribution in [0.2, 0.25) is 0 Å².